The Bertz CT molecular complexity index is 1460. The minimum atomic E-state index is -4.23. The fourth-order valence-electron chi connectivity index (χ4n) is 3.05. The van der Waals surface area contributed by atoms with Gasteiger partial charge in [-0.15, -0.1) is 0 Å². The molecule has 0 amide bonds. The average Bonchev–Trinajstić information content (AvgIpc) is 3.17. The summed E-state index contributed by atoms with van der Waals surface area (Å²) >= 11 is 9.45. The third-order valence-electron chi connectivity index (χ3n) is 4.61. The highest BCUT2D eigenvalue weighted by atomic mass is 79.9. The van der Waals surface area contributed by atoms with E-state index in [1.54, 1.807) is 30.4 Å². The molecule has 0 bridgehead atoms. The third-order valence-corrected chi connectivity index (χ3v) is 8.67. The Morgan fingerprint density at radius 2 is 1.79 bits per heavy atom. The van der Waals surface area contributed by atoms with E-state index in [0.717, 1.165) is 14.9 Å². The Morgan fingerprint density at radius 1 is 1.09 bits per heavy atom. The smallest absolute Gasteiger partial charge is 0.221 e. The van der Waals surface area contributed by atoms with E-state index in [2.05, 4.69) is 27.2 Å². The van der Waals surface area contributed by atoms with Crippen LogP contribution in [0.1, 0.15) is 13.3 Å². The zero-order valence-corrected chi connectivity index (χ0v) is 21.7. The number of sulfonamides is 1. The van der Waals surface area contributed by atoms with Crippen molar-refractivity contribution < 1.29 is 16.8 Å². The van der Waals surface area contributed by atoms with E-state index in [9.17, 15) is 16.8 Å². The third kappa shape index (κ3) is 5.85. The molecule has 10 heteroatoms. The molecule has 0 aliphatic heterocycles. The second-order valence-corrected chi connectivity index (χ2v) is 11.9. The molecule has 1 heterocycles. The van der Waals surface area contributed by atoms with Crippen LogP contribution in [0.3, 0.4) is 0 Å². The van der Waals surface area contributed by atoms with Crippen LogP contribution in [0.25, 0.3) is 10.9 Å². The average molecular weight is 570 g/mol. The summed E-state index contributed by atoms with van der Waals surface area (Å²) in [4.78, 5) is -0.0335. The fraction of sp³-hybridized carbons (Fsp3) is 0.130. The van der Waals surface area contributed by atoms with E-state index in [1.165, 1.54) is 36.4 Å². The Labute approximate surface area is 207 Å². The standard InChI is InChI=1S/C23H22BrClN2O4S2/c1-3-7-19(24)11-10-17(2)16-26-32(28,29)23-15-18-14-20(25)12-13-22(18)27(23)33(30,31)21-8-5-4-6-9-21/h4-15,26H,2-3,16H2,1H3. The van der Waals surface area contributed by atoms with Gasteiger partial charge in [-0.05, 0) is 54.5 Å². The molecular formula is C23H22BrClN2O4S2. The van der Waals surface area contributed by atoms with Crippen LogP contribution in [0.15, 0.2) is 99.4 Å². The lowest BCUT2D eigenvalue weighted by Gasteiger charge is -2.13. The van der Waals surface area contributed by atoms with Gasteiger partial charge in [0, 0.05) is 21.4 Å². The molecule has 3 rings (SSSR count). The van der Waals surface area contributed by atoms with Crippen molar-refractivity contribution in [3.05, 3.63) is 94.5 Å². The highest BCUT2D eigenvalue weighted by Crippen LogP contribution is 2.30. The van der Waals surface area contributed by atoms with Gasteiger partial charge in [0.15, 0.2) is 5.03 Å². The Balaban J connectivity index is 2.04. The maximum absolute atomic E-state index is 13.4. The highest BCUT2D eigenvalue weighted by molar-refractivity contribution is 9.11. The van der Waals surface area contributed by atoms with Gasteiger partial charge in [-0.25, -0.2) is 25.5 Å². The fourth-order valence-corrected chi connectivity index (χ4v) is 6.82. The van der Waals surface area contributed by atoms with Gasteiger partial charge in [-0.3, -0.25) is 0 Å². The van der Waals surface area contributed by atoms with Crippen LogP contribution < -0.4 is 4.72 Å². The van der Waals surface area contributed by atoms with Crippen molar-refractivity contribution in [2.45, 2.75) is 23.3 Å². The second kappa shape index (κ2) is 10.4. The quantitative estimate of drug-likeness (QED) is 0.339. The molecule has 3 aromatic rings. The van der Waals surface area contributed by atoms with Crippen LogP contribution in [0.2, 0.25) is 5.02 Å². The molecule has 6 nitrogen and oxygen atoms in total. The molecule has 0 spiro atoms. The number of nitrogens with zero attached hydrogens (tertiary/aromatic N) is 1. The van der Waals surface area contributed by atoms with E-state index in [1.807, 2.05) is 13.0 Å². The minimum absolute atomic E-state index is 0.0335. The summed E-state index contributed by atoms with van der Waals surface area (Å²) in [5.41, 5.74) is 0.702. The first-order valence-electron chi connectivity index (χ1n) is 9.89. The number of rotatable bonds is 9. The van der Waals surface area contributed by atoms with Crippen LogP contribution in [0.4, 0.5) is 0 Å². The summed E-state index contributed by atoms with van der Waals surface area (Å²) in [5.74, 6) is 0. The van der Waals surface area contributed by atoms with Crippen LogP contribution in [0, 0.1) is 0 Å². The summed E-state index contributed by atoms with van der Waals surface area (Å²) in [5, 5.41) is 0.333. The molecule has 1 N–H and O–H groups in total. The molecule has 0 radical (unpaired) electrons. The monoisotopic (exact) mass is 568 g/mol. The molecule has 0 unspecified atom stereocenters. The lowest BCUT2D eigenvalue weighted by Crippen LogP contribution is -2.29. The summed E-state index contributed by atoms with van der Waals surface area (Å²) in [6, 6.07) is 13.5. The Kier molecular flexibility index (Phi) is 8.02. The second-order valence-electron chi connectivity index (χ2n) is 7.08. The maximum atomic E-state index is 13.4. The van der Waals surface area contributed by atoms with Crippen LogP contribution in [-0.2, 0) is 20.0 Å². The lowest BCUT2D eigenvalue weighted by atomic mass is 10.2. The number of aromatic nitrogens is 1. The first-order chi connectivity index (χ1) is 15.6. The molecule has 2 aromatic carbocycles. The van der Waals surface area contributed by atoms with E-state index in [0.29, 0.717) is 16.0 Å². The van der Waals surface area contributed by atoms with Crippen molar-refractivity contribution in [1.82, 2.24) is 8.69 Å². The molecule has 0 aliphatic carbocycles. The van der Waals surface area contributed by atoms with Crippen molar-refractivity contribution in [2.75, 3.05) is 6.54 Å². The highest BCUT2D eigenvalue weighted by Gasteiger charge is 2.29. The number of allylic oxidation sites excluding steroid dienone is 3. The molecule has 174 valence electrons. The van der Waals surface area contributed by atoms with Crippen molar-refractivity contribution in [2.24, 2.45) is 0 Å². The van der Waals surface area contributed by atoms with Gasteiger partial charge < -0.3 is 0 Å². The topological polar surface area (TPSA) is 85.2 Å². The predicted octanol–water partition coefficient (Wildman–Crippen LogP) is 5.61. The number of hydrogen-bond acceptors (Lipinski definition) is 4. The molecule has 33 heavy (non-hydrogen) atoms. The Morgan fingerprint density at radius 3 is 2.45 bits per heavy atom. The van der Waals surface area contributed by atoms with E-state index in [4.69, 9.17) is 11.6 Å². The first-order valence-corrected chi connectivity index (χ1v) is 14.0. The van der Waals surface area contributed by atoms with Gasteiger partial charge in [-0.2, -0.15) is 0 Å². The Hall–Kier alpha value is -2.17. The molecule has 1 aromatic heterocycles. The largest absolute Gasteiger partial charge is 0.269 e. The number of nitrogens with one attached hydrogen (secondary N) is 1. The van der Waals surface area contributed by atoms with E-state index >= 15 is 0 Å². The first kappa shape index (κ1) is 25.5. The summed E-state index contributed by atoms with van der Waals surface area (Å²) < 4.78 is 57.4. The van der Waals surface area contributed by atoms with Crippen molar-refractivity contribution in [1.29, 1.82) is 0 Å². The van der Waals surface area contributed by atoms with Gasteiger partial charge in [0.1, 0.15) is 0 Å². The van der Waals surface area contributed by atoms with Crippen molar-refractivity contribution in [3.63, 3.8) is 0 Å². The van der Waals surface area contributed by atoms with Crippen LogP contribution >= 0.6 is 27.5 Å². The lowest BCUT2D eigenvalue weighted by molar-refractivity contribution is 0.568. The van der Waals surface area contributed by atoms with Crippen molar-refractivity contribution in [3.8, 4) is 0 Å². The molecule has 0 atom stereocenters. The number of hydrogen-bond donors (Lipinski definition) is 1. The predicted molar refractivity (Wildman–Crippen MR) is 137 cm³/mol. The maximum Gasteiger partial charge on any atom is 0.269 e. The molecule has 0 fully saturated rings. The van der Waals surface area contributed by atoms with Gasteiger partial charge in [0.05, 0.1) is 10.4 Å². The van der Waals surface area contributed by atoms with Crippen molar-refractivity contribution >= 4 is 58.5 Å². The van der Waals surface area contributed by atoms with Gasteiger partial charge in [-0.1, -0.05) is 71.4 Å². The van der Waals surface area contributed by atoms with E-state index < -0.39 is 25.1 Å². The normalized spacial score (nSPS) is 13.1. The minimum Gasteiger partial charge on any atom is -0.221 e. The molecule has 0 saturated heterocycles. The number of fused-ring (bicyclic) bond motifs is 1. The van der Waals surface area contributed by atoms with Gasteiger partial charge >= 0.3 is 0 Å². The summed E-state index contributed by atoms with van der Waals surface area (Å²) in [6.45, 7) is 5.75. The number of halogens is 2. The molecule has 0 saturated carbocycles. The van der Waals surface area contributed by atoms with Gasteiger partial charge in [0.2, 0.25) is 0 Å². The number of benzene rings is 2. The zero-order valence-electron chi connectivity index (χ0n) is 17.7. The SMILES string of the molecule is C=C(C=CC(Br)=CCC)CNS(=O)(=O)c1cc2cc(Cl)ccc2n1S(=O)(=O)c1ccccc1. The molecule has 0 aliphatic rings. The van der Waals surface area contributed by atoms with Gasteiger partial charge in [0.25, 0.3) is 20.0 Å². The van der Waals surface area contributed by atoms with Crippen LogP contribution in [-0.4, -0.2) is 27.4 Å². The van der Waals surface area contributed by atoms with Crippen LogP contribution in [0.5, 0.6) is 0 Å². The zero-order chi connectivity index (χ0) is 24.2. The molecular weight excluding hydrogens is 548 g/mol. The van der Waals surface area contributed by atoms with E-state index in [-0.39, 0.29) is 17.0 Å². The summed E-state index contributed by atoms with van der Waals surface area (Å²) in [7, 11) is -8.44. The summed E-state index contributed by atoms with van der Waals surface area (Å²) in [6.07, 6.45) is 6.23.